The van der Waals surface area contributed by atoms with Crippen LogP contribution < -0.4 is 27.0 Å². The Labute approximate surface area is 218 Å². The van der Waals surface area contributed by atoms with Crippen LogP contribution in [0.3, 0.4) is 0 Å². The lowest BCUT2D eigenvalue weighted by molar-refractivity contribution is -0.154. The van der Waals surface area contributed by atoms with Crippen molar-refractivity contribution in [3.05, 3.63) is 29.8 Å². The van der Waals surface area contributed by atoms with Crippen LogP contribution in [-0.2, 0) is 30.5 Å². The van der Waals surface area contributed by atoms with E-state index in [1.54, 1.807) is 65.8 Å². The van der Waals surface area contributed by atoms with Crippen molar-refractivity contribution >= 4 is 35.4 Å². The minimum Gasteiger partial charge on any atom is -0.460 e. The quantitative estimate of drug-likeness (QED) is 0.198. The molecule has 0 bridgehead atoms. The lowest BCUT2D eigenvalue weighted by Crippen LogP contribution is -2.54. The molecule has 0 saturated heterocycles. The number of nitrogens with one attached hydrogen (secondary N) is 4. The van der Waals surface area contributed by atoms with Gasteiger partial charge in [0.2, 0.25) is 17.7 Å². The van der Waals surface area contributed by atoms with Crippen molar-refractivity contribution in [1.82, 2.24) is 16.0 Å². The molecule has 0 aliphatic carbocycles. The molecule has 1 aromatic carbocycles. The maximum Gasteiger partial charge on any atom is 0.312 e. The maximum atomic E-state index is 13.1. The second kappa shape index (κ2) is 14.8. The highest BCUT2D eigenvalue weighted by molar-refractivity contribution is 5.98. The first kappa shape index (κ1) is 31.4. The van der Waals surface area contributed by atoms with Crippen LogP contribution in [0.25, 0.3) is 0 Å². The highest BCUT2D eigenvalue weighted by Crippen LogP contribution is 2.17. The van der Waals surface area contributed by atoms with Gasteiger partial charge in [0.15, 0.2) is 0 Å². The Hall–Kier alpha value is -3.63. The van der Waals surface area contributed by atoms with Gasteiger partial charge >= 0.3 is 12.0 Å². The molecule has 6 N–H and O–H groups in total. The second-order valence-electron chi connectivity index (χ2n) is 10.1. The standard InChI is InChI=1S/C26H41N5O6/c1-7-20(32)31-21(16(2)3)23(34)30-19(9-8-14-28-25(27)36)22(33)29-18-12-10-17(11-13-18)15-37-24(35)26(4,5)6/h10-13,16,19,21H,7-9,14-15H2,1-6H3,(H,29,33)(H,30,34)(H,31,32)(H3,27,28,36)/t19-,21?/m1/s1. The van der Waals surface area contributed by atoms with Crippen LogP contribution in [-0.4, -0.2) is 48.4 Å². The maximum absolute atomic E-state index is 13.1. The summed E-state index contributed by atoms with van der Waals surface area (Å²) in [6.45, 7) is 10.9. The number of primary amides is 1. The molecule has 0 aromatic heterocycles. The van der Waals surface area contributed by atoms with Gasteiger partial charge in [0.05, 0.1) is 5.41 Å². The van der Waals surface area contributed by atoms with E-state index in [1.165, 1.54) is 0 Å². The molecule has 11 nitrogen and oxygen atoms in total. The average Bonchev–Trinajstić information content (AvgIpc) is 2.82. The molecule has 0 radical (unpaired) electrons. The lowest BCUT2D eigenvalue weighted by atomic mass is 9.97. The molecule has 5 amide bonds. The number of nitrogens with two attached hydrogens (primary N) is 1. The molecule has 11 heteroatoms. The zero-order valence-corrected chi connectivity index (χ0v) is 22.6. The zero-order chi connectivity index (χ0) is 28.2. The van der Waals surface area contributed by atoms with Gasteiger partial charge in [-0.05, 0) is 57.2 Å². The Bertz CT molecular complexity index is 940. The second-order valence-corrected chi connectivity index (χ2v) is 10.1. The van der Waals surface area contributed by atoms with Gasteiger partial charge in [-0.15, -0.1) is 0 Å². The molecule has 1 rings (SSSR count). The summed E-state index contributed by atoms with van der Waals surface area (Å²) < 4.78 is 5.30. The van der Waals surface area contributed by atoms with Gasteiger partial charge in [-0.2, -0.15) is 0 Å². The van der Waals surface area contributed by atoms with Gasteiger partial charge in [-0.25, -0.2) is 4.79 Å². The van der Waals surface area contributed by atoms with Crippen LogP contribution in [0.1, 0.15) is 66.4 Å². The fourth-order valence-electron chi connectivity index (χ4n) is 3.14. The molecule has 0 aliphatic heterocycles. The highest BCUT2D eigenvalue weighted by atomic mass is 16.5. The Morgan fingerprint density at radius 3 is 2.11 bits per heavy atom. The first-order valence-corrected chi connectivity index (χ1v) is 12.4. The van der Waals surface area contributed by atoms with Gasteiger partial charge in [0, 0.05) is 18.7 Å². The summed E-state index contributed by atoms with van der Waals surface area (Å²) in [5.74, 6) is -1.71. The molecule has 0 saturated carbocycles. The number of hydrogen-bond donors (Lipinski definition) is 5. The van der Waals surface area contributed by atoms with E-state index in [2.05, 4.69) is 21.3 Å². The number of ether oxygens (including phenoxy) is 1. The molecular weight excluding hydrogens is 478 g/mol. The lowest BCUT2D eigenvalue weighted by Gasteiger charge is -2.25. The first-order chi connectivity index (χ1) is 17.2. The van der Waals surface area contributed by atoms with Crippen molar-refractivity contribution in [2.45, 2.75) is 79.5 Å². The SMILES string of the molecule is CCC(=O)NC(C(=O)N[C@H](CCCNC(N)=O)C(=O)Nc1ccc(COC(=O)C(C)(C)C)cc1)C(C)C. The van der Waals surface area contributed by atoms with Gasteiger partial charge < -0.3 is 31.7 Å². The van der Waals surface area contributed by atoms with Crippen molar-refractivity contribution in [3.8, 4) is 0 Å². The topological polar surface area (TPSA) is 169 Å². The Morgan fingerprint density at radius 1 is 0.973 bits per heavy atom. The van der Waals surface area contributed by atoms with Gasteiger partial charge in [0.25, 0.3) is 0 Å². The third-order valence-corrected chi connectivity index (χ3v) is 5.39. The van der Waals surface area contributed by atoms with Gasteiger partial charge in [-0.3, -0.25) is 19.2 Å². The number of carbonyl (C=O) groups is 5. The fourth-order valence-corrected chi connectivity index (χ4v) is 3.14. The molecule has 206 valence electrons. The summed E-state index contributed by atoms with van der Waals surface area (Å²) in [4.78, 5) is 60.8. The molecule has 1 unspecified atom stereocenters. The number of hydrogen-bond acceptors (Lipinski definition) is 6. The van der Waals surface area contributed by atoms with Crippen LogP contribution >= 0.6 is 0 Å². The van der Waals surface area contributed by atoms with E-state index in [0.29, 0.717) is 12.1 Å². The van der Waals surface area contributed by atoms with Crippen LogP contribution in [0.4, 0.5) is 10.5 Å². The number of urea groups is 1. The Kier molecular flexibility index (Phi) is 12.6. The van der Waals surface area contributed by atoms with Crippen LogP contribution in [0.5, 0.6) is 0 Å². The van der Waals surface area contributed by atoms with Crippen LogP contribution in [0.2, 0.25) is 0 Å². The van der Waals surface area contributed by atoms with E-state index < -0.39 is 35.3 Å². The summed E-state index contributed by atoms with van der Waals surface area (Å²) >= 11 is 0. The highest BCUT2D eigenvalue weighted by Gasteiger charge is 2.28. The first-order valence-electron chi connectivity index (χ1n) is 12.4. The van der Waals surface area contributed by atoms with Crippen molar-refractivity contribution in [2.75, 3.05) is 11.9 Å². The van der Waals surface area contributed by atoms with Crippen molar-refractivity contribution in [3.63, 3.8) is 0 Å². The summed E-state index contributed by atoms with van der Waals surface area (Å²) in [6, 6.07) is 4.39. The minimum absolute atomic E-state index is 0.107. The predicted octanol–water partition coefficient (Wildman–Crippen LogP) is 2.20. The molecular formula is C26H41N5O6. The third-order valence-electron chi connectivity index (χ3n) is 5.39. The van der Waals surface area contributed by atoms with Crippen molar-refractivity contribution in [1.29, 1.82) is 0 Å². The summed E-state index contributed by atoms with van der Waals surface area (Å²) in [7, 11) is 0. The molecule has 1 aromatic rings. The molecule has 0 aliphatic rings. The number of anilines is 1. The normalized spacial score (nSPS) is 12.7. The number of amides is 5. The van der Waals surface area contributed by atoms with Crippen molar-refractivity contribution < 1.29 is 28.7 Å². The van der Waals surface area contributed by atoms with E-state index in [-0.39, 0.29) is 43.8 Å². The predicted molar refractivity (Wildman–Crippen MR) is 140 cm³/mol. The minimum atomic E-state index is -0.922. The van der Waals surface area contributed by atoms with E-state index >= 15 is 0 Å². The van der Waals surface area contributed by atoms with Gasteiger partial charge in [-0.1, -0.05) is 32.9 Å². The summed E-state index contributed by atoms with van der Waals surface area (Å²) in [5.41, 5.74) is 5.73. The summed E-state index contributed by atoms with van der Waals surface area (Å²) in [5, 5.41) is 10.6. The smallest absolute Gasteiger partial charge is 0.312 e. The third kappa shape index (κ3) is 11.8. The van der Waals surface area contributed by atoms with Crippen LogP contribution in [0, 0.1) is 11.3 Å². The van der Waals surface area contributed by atoms with E-state index in [9.17, 15) is 24.0 Å². The molecule has 0 fully saturated rings. The van der Waals surface area contributed by atoms with E-state index in [4.69, 9.17) is 10.5 Å². The summed E-state index contributed by atoms with van der Waals surface area (Å²) in [6.07, 6.45) is 0.836. The molecule has 2 atom stereocenters. The molecule has 37 heavy (non-hydrogen) atoms. The van der Waals surface area contributed by atoms with Gasteiger partial charge in [0.1, 0.15) is 18.7 Å². The van der Waals surface area contributed by atoms with E-state index in [1.807, 2.05) is 0 Å². The molecule has 0 spiro atoms. The molecule has 0 heterocycles. The van der Waals surface area contributed by atoms with Crippen LogP contribution in [0.15, 0.2) is 24.3 Å². The average molecular weight is 520 g/mol. The largest absolute Gasteiger partial charge is 0.460 e. The number of benzene rings is 1. The monoisotopic (exact) mass is 519 g/mol. The van der Waals surface area contributed by atoms with Crippen molar-refractivity contribution in [2.24, 2.45) is 17.1 Å². The number of esters is 1. The number of carbonyl (C=O) groups excluding carboxylic acids is 5. The van der Waals surface area contributed by atoms with E-state index in [0.717, 1.165) is 5.56 Å². The Morgan fingerprint density at radius 2 is 1.59 bits per heavy atom. The number of rotatable bonds is 13. The Balaban J connectivity index is 2.89. The zero-order valence-electron chi connectivity index (χ0n) is 22.6. The fraction of sp³-hybridized carbons (Fsp3) is 0.577.